The lowest BCUT2D eigenvalue weighted by Crippen LogP contribution is -1.98. The Morgan fingerprint density at radius 1 is 1.00 bits per heavy atom. The van der Waals surface area contributed by atoms with E-state index in [1.807, 2.05) is 48.5 Å². The van der Waals surface area contributed by atoms with Crippen molar-refractivity contribution in [1.82, 2.24) is 4.98 Å². The molecule has 3 rings (SSSR count). The lowest BCUT2D eigenvalue weighted by molar-refractivity contribution is 0.104. The van der Waals surface area contributed by atoms with Gasteiger partial charge < -0.3 is 4.74 Å². The van der Waals surface area contributed by atoms with Gasteiger partial charge in [0.25, 0.3) is 0 Å². The molecule has 0 N–H and O–H groups in total. The van der Waals surface area contributed by atoms with Crippen molar-refractivity contribution in [3.63, 3.8) is 0 Å². The zero-order chi connectivity index (χ0) is 16.8. The average molecular weight is 319 g/mol. The van der Waals surface area contributed by atoms with E-state index in [0.29, 0.717) is 5.75 Å². The summed E-state index contributed by atoms with van der Waals surface area (Å²) in [6.07, 6.45) is 5.37. The number of benzene rings is 2. The van der Waals surface area contributed by atoms with Gasteiger partial charge in [0, 0.05) is 6.20 Å². The number of carbonyl (C=O) groups excluding carboxylic acids is 1. The number of allylic oxidation sites excluding steroid dienone is 1. The third-order valence-electron chi connectivity index (χ3n) is 3.30. The molecule has 4 heteroatoms. The number of aromatic nitrogens is 1. The number of rotatable bonds is 5. The fraction of sp³-hybridized carbons (Fsp3) is 0. The van der Waals surface area contributed by atoms with Crippen LogP contribution in [-0.2, 0) is 0 Å². The van der Waals surface area contributed by atoms with Crippen molar-refractivity contribution in [1.29, 1.82) is 0 Å². The molecule has 1 heterocycles. The first-order valence-corrected chi connectivity index (χ1v) is 7.37. The maximum Gasteiger partial charge on any atom is 0.188 e. The van der Waals surface area contributed by atoms with Gasteiger partial charge in [-0.3, -0.25) is 9.78 Å². The van der Waals surface area contributed by atoms with Gasteiger partial charge in [-0.25, -0.2) is 4.39 Å². The molecular formula is C20H14FNO2. The molecule has 0 aliphatic rings. The normalized spacial score (nSPS) is 10.7. The number of nitrogens with zero attached hydrogens (tertiary/aromatic N) is 1. The summed E-state index contributed by atoms with van der Waals surface area (Å²) in [5.41, 5.74) is 0.782. The summed E-state index contributed by atoms with van der Waals surface area (Å²) in [5, 5.41) is 0. The summed E-state index contributed by atoms with van der Waals surface area (Å²) >= 11 is 0. The quantitative estimate of drug-likeness (QED) is 0.495. The van der Waals surface area contributed by atoms with E-state index in [4.69, 9.17) is 4.74 Å². The molecule has 3 aromatic rings. The van der Waals surface area contributed by atoms with Crippen molar-refractivity contribution in [2.24, 2.45) is 0 Å². The molecule has 2 aromatic carbocycles. The van der Waals surface area contributed by atoms with Crippen molar-refractivity contribution in [2.75, 3.05) is 0 Å². The fourth-order valence-corrected chi connectivity index (χ4v) is 2.14. The first-order chi connectivity index (χ1) is 11.7. The molecular weight excluding hydrogens is 305 g/mol. The van der Waals surface area contributed by atoms with Gasteiger partial charge in [-0.1, -0.05) is 36.4 Å². The largest absolute Gasteiger partial charge is 0.457 e. The van der Waals surface area contributed by atoms with Gasteiger partial charge in [0.2, 0.25) is 0 Å². The van der Waals surface area contributed by atoms with Crippen molar-refractivity contribution >= 4 is 11.9 Å². The number of para-hydroxylation sites is 1. The molecule has 0 bridgehead atoms. The first kappa shape index (κ1) is 15.6. The second kappa shape index (κ2) is 7.33. The molecule has 1 aromatic heterocycles. The molecule has 0 aliphatic heterocycles. The third kappa shape index (κ3) is 3.93. The van der Waals surface area contributed by atoms with Crippen LogP contribution < -0.4 is 4.74 Å². The minimum Gasteiger partial charge on any atom is -0.457 e. The van der Waals surface area contributed by atoms with Crippen LogP contribution in [0.4, 0.5) is 4.39 Å². The lowest BCUT2D eigenvalue weighted by Gasteiger charge is -2.05. The molecule has 0 saturated heterocycles. The van der Waals surface area contributed by atoms with E-state index in [9.17, 15) is 9.18 Å². The Balaban J connectivity index is 1.75. The Kier molecular flexibility index (Phi) is 4.77. The standard InChI is InChI=1S/C20H14FNO2/c21-19-14-22-12-11-18(19)20(23)10-9-15-5-4-8-17(13-15)24-16-6-2-1-3-7-16/h1-14H/b10-9+. The number of halogens is 1. The molecule has 118 valence electrons. The van der Waals surface area contributed by atoms with E-state index in [1.54, 1.807) is 12.1 Å². The first-order valence-electron chi connectivity index (χ1n) is 7.37. The van der Waals surface area contributed by atoms with E-state index >= 15 is 0 Å². The average Bonchev–Trinajstić information content (AvgIpc) is 2.61. The maximum atomic E-state index is 13.5. The minimum atomic E-state index is -0.631. The molecule has 0 unspecified atom stereocenters. The van der Waals surface area contributed by atoms with E-state index < -0.39 is 11.6 Å². The number of pyridine rings is 1. The van der Waals surface area contributed by atoms with Crippen LogP contribution in [0.1, 0.15) is 15.9 Å². The number of ether oxygens (including phenoxy) is 1. The fourth-order valence-electron chi connectivity index (χ4n) is 2.14. The van der Waals surface area contributed by atoms with Crippen molar-refractivity contribution in [3.8, 4) is 11.5 Å². The van der Waals surface area contributed by atoms with Crippen LogP contribution in [0, 0.1) is 5.82 Å². The van der Waals surface area contributed by atoms with Gasteiger partial charge in [0.05, 0.1) is 11.8 Å². The molecule has 0 amide bonds. The van der Waals surface area contributed by atoms with E-state index in [2.05, 4.69) is 4.98 Å². The highest BCUT2D eigenvalue weighted by atomic mass is 19.1. The highest BCUT2D eigenvalue weighted by Gasteiger charge is 2.07. The van der Waals surface area contributed by atoms with Crippen LogP contribution in [0.2, 0.25) is 0 Å². The Bertz CT molecular complexity index is 876. The highest BCUT2D eigenvalue weighted by molar-refractivity contribution is 6.06. The van der Waals surface area contributed by atoms with Crippen molar-refractivity contribution in [2.45, 2.75) is 0 Å². The molecule has 24 heavy (non-hydrogen) atoms. The third-order valence-corrected chi connectivity index (χ3v) is 3.30. The summed E-state index contributed by atoms with van der Waals surface area (Å²) in [7, 11) is 0. The predicted molar refractivity (Wildman–Crippen MR) is 90.5 cm³/mol. The van der Waals surface area contributed by atoms with Gasteiger partial charge in [0.15, 0.2) is 11.6 Å². The van der Waals surface area contributed by atoms with Crippen LogP contribution in [0.3, 0.4) is 0 Å². The van der Waals surface area contributed by atoms with Crippen LogP contribution >= 0.6 is 0 Å². The van der Waals surface area contributed by atoms with E-state index in [1.165, 1.54) is 18.3 Å². The molecule has 0 saturated carbocycles. The van der Waals surface area contributed by atoms with E-state index in [-0.39, 0.29) is 5.56 Å². The Labute approximate surface area is 139 Å². The monoisotopic (exact) mass is 319 g/mol. The smallest absolute Gasteiger partial charge is 0.188 e. The predicted octanol–water partition coefficient (Wildman–Crippen LogP) is 4.91. The summed E-state index contributed by atoms with van der Waals surface area (Å²) in [6.45, 7) is 0. The molecule has 0 atom stereocenters. The SMILES string of the molecule is O=C(/C=C/c1cccc(Oc2ccccc2)c1)c1ccncc1F. The maximum absolute atomic E-state index is 13.5. The van der Waals surface area contributed by atoms with Crippen LogP contribution in [-0.4, -0.2) is 10.8 Å². The second-order valence-corrected chi connectivity index (χ2v) is 5.04. The van der Waals surface area contributed by atoms with Crippen LogP contribution in [0.5, 0.6) is 11.5 Å². The van der Waals surface area contributed by atoms with Crippen molar-refractivity contribution < 1.29 is 13.9 Å². The number of carbonyl (C=O) groups is 1. The number of hydrogen-bond acceptors (Lipinski definition) is 3. The zero-order valence-electron chi connectivity index (χ0n) is 12.7. The summed E-state index contributed by atoms with van der Waals surface area (Å²) < 4.78 is 19.3. The van der Waals surface area contributed by atoms with Gasteiger partial charge in [-0.05, 0) is 42.0 Å². The summed E-state index contributed by atoms with van der Waals surface area (Å²) in [4.78, 5) is 15.7. The Hall–Kier alpha value is -3.27. The molecule has 0 spiro atoms. The van der Waals surface area contributed by atoms with E-state index in [0.717, 1.165) is 17.5 Å². The lowest BCUT2D eigenvalue weighted by atomic mass is 10.1. The number of ketones is 1. The van der Waals surface area contributed by atoms with Gasteiger partial charge in [-0.15, -0.1) is 0 Å². The Morgan fingerprint density at radius 2 is 1.79 bits per heavy atom. The summed E-state index contributed by atoms with van der Waals surface area (Å²) in [6, 6.07) is 18.1. The second-order valence-electron chi connectivity index (χ2n) is 5.04. The van der Waals surface area contributed by atoms with Gasteiger partial charge in [0.1, 0.15) is 11.5 Å². The summed E-state index contributed by atoms with van der Waals surface area (Å²) in [5.74, 6) is 0.344. The van der Waals surface area contributed by atoms with Gasteiger partial charge >= 0.3 is 0 Å². The molecule has 0 fully saturated rings. The number of hydrogen-bond donors (Lipinski definition) is 0. The highest BCUT2D eigenvalue weighted by Crippen LogP contribution is 2.22. The Morgan fingerprint density at radius 3 is 2.58 bits per heavy atom. The van der Waals surface area contributed by atoms with Gasteiger partial charge in [-0.2, -0.15) is 0 Å². The molecule has 0 radical (unpaired) electrons. The minimum absolute atomic E-state index is 0.00191. The van der Waals surface area contributed by atoms with Crippen LogP contribution in [0.25, 0.3) is 6.08 Å². The topological polar surface area (TPSA) is 39.2 Å². The zero-order valence-corrected chi connectivity index (χ0v) is 12.7. The molecule has 3 nitrogen and oxygen atoms in total. The van der Waals surface area contributed by atoms with Crippen LogP contribution in [0.15, 0.2) is 79.1 Å². The molecule has 0 aliphatic carbocycles. The van der Waals surface area contributed by atoms with Crippen molar-refractivity contribution in [3.05, 3.63) is 96.1 Å².